The van der Waals surface area contributed by atoms with Gasteiger partial charge in [-0.3, -0.25) is 5.32 Å². The molecule has 1 aromatic carbocycles. The van der Waals surface area contributed by atoms with Crippen molar-refractivity contribution in [2.45, 2.75) is 6.92 Å². The predicted octanol–water partition coefficient (Wildman–Crippen LogP) is 0.740. The number of hydrogen-bond donors (Lipinski definition) is 1. The van der Waals surface area contributed by atoms with Gasteiger partial charge in [-0.25, -0.2) is 9.18 Å². The van der Waals surface area contributed by atoms with Crippen molar-refractivity contribution in [3.05, 3.63) is 23.5 Å². The molecule has 8 heteroatoms. The third-order valence-electron chi connectivity index (χ3n) is 2.15. The van der Waals surface area contributed by atoms with Crippen molar-refractivity contribution >= 4 is 17.7 Å². The lowest BCUT2D eigenvalue weighted by Gasteiger charge is -2.17. The third-order valence-corrected chi connectivity index (χ3v) is 2.15. The summed E-state index contributed by atoms with van der Waals surface area (Å²) in [5.74, 6) is -3.21. The fourth-order valence-electron chi connectivity index (χ4n) is 1.40. The molecule has 1 N–H and O–H groups in total. The van der Waals surface area contributed by atoms with Crippen molar-refractivity contribution in [3.8, 4) is 5.75 Å². The molecular weight excluding hydrogens is 273 g/mol. The largest absolute Gasteiger partial charge is 0.545 e. The Hall–Kier alpha value is -2.35. The minimum atomic E-state index is -1.71. The summed E-state index contributed by atoms with van der Waals surface area (Å²) in [5.41, 5.74) is -0.828. The van der Waals surface area contributed by atoms with E-state index in [1.165, 1.54) is 7.11 Å². The van der Waals surface area contributed by atoms with E-state index in [1.54, 1.807) is 6.92 Å². The molecular formula is C12H13FNO6-. The molecule has 0 aliphatic heterocycles. The first-order chi connectivity index (χ1) is 9.51. The first-order valence-corrected chi connectivity index (χ1v) is 5.60. The van der Waals surface area contributed by atoms with E-state index in [-0.39, 0.29) is 19.1 Å². The van der Waals surface area contributed by atoms with Crippen LogP contribution in [0.5, 0.6) is 5.75 Å². The lowest BCUT2D eigenvalue weighted by Crippen LogP contribution is -2.26. The Labute approximate surface area is 114 Å². The van der Waals surface area contributed by atoms with E-state index >= 15 is 0 Å². The molecule has 0 aromatic heterocycles. The van der Waals surface area contributed by atoms with Gasteiger partial charge >= 0.3 is 6.09 Å². The molecule has 0 spiro atoms. The summed E-state index contributed by atoms with van der Waals surface area (Å²) < 4.78 is 27.6. The van der Waals surface area contributed by atoms with E-state index in [0.717, 1.165) is 12.1 Å². The van der Waals surface area contributed by atoms with Gasteiger partial charge in [0.15, 0.2) is 18.4 Å². The number of methoxy groups -OCH3 is 1. The standard InChI is InChI=1S/C12H14FNO6/c1-3-19-12(17)14-8-5-4-7(13)10(20-6-18-2)9(8)11(15)16/h4-5H,3,6H2,1-2H3,(H,14,17)(H,15,16)/p-1. The number of carbonyl (C=O) groups excluding carboxylic acids is 2. The first kappa shape index (κ1) is 15.7. The van der Waals surface area contributed by atoms with Crippen molar-refractivity contribution in [1.29, 1.82) is 0 Å². The SMILES string of the molecule is CCOC(=O)Nc1ccc(F)c(OCOC)c1C(=O)[O-]. The second kappa shape index (κ2) is 7.29. The minimum Gasteiger partial charge on any atom is -0.545 e. The van der Waals surface area contributed by atoms with E-state index in [9.17, 15) is 19.1 Å². The second-order valence-electron chi connectivity index (χ2n) is 3.48. The number of hydrogen-bond acceptors (Lipinski definition) is 6. The number of amides is 1. The Kier molecular flexibility index (Phi) is 5.73. The predicted molar refractivity (Wildman–Crippen MR) is 63.9 cm³/mol. The van der Waals surface area contributed by atoms with Crippen LogP contribution in [0.3, 0.4) is 0 Å². The molecule has 1 amide bonds. The molecule has 0 saturated carbocycles. The molecule has 0 aliphatic rings. The highest BCUT2D eigenvalue weighted by Gasteiger charge is 2.18. The first-order valence-electron chi connectivity index (χ1n) is 5.60. The Morgan fingerprint density at radius 3 is 2.65 bits per heavy atom. The zero-order valence-corrected chi connectivity index (χ0v) is 10.9. The topological polar surface area (TPSA) is 96.9 Å². The average Bonchev–Trinajstić information content (AvgIpc) is 2.38. The molecule has 110 valence electrons. The molecule has 0 aliphatic carbocycles. The van der Waals surface area contributed by atoms with Crippen LogP contribution in [0, 0.1) is 5.82 Å². The highest BCUT2D eigenvalue weighted by Crippen LogP contribution is 2.29. The van der Waals surface area contributed by atoms with Crippen LogP contribution in [-0.4, -0.2) is 32.6 Å². The van der Waals surface area contributed by atoms with Gasteiger partial charge in [0.05, 0.1) is 23.8 Å². The van der Waals surface area contributed by atoms with Crippen molar-refractivity contribution < 1.29 is 33.3 Å². The van der Waals surface area contributed by atoms with E-state index in [0.29, 0.717) is 0 Å². The quantitative estimate of drug-likeness (QED) is 0.775. The van der Waals surface area contributed by atoms with Gasteiger partial charge in [0.25, 0.3) is 0 Å². The average molecular weight is 286 g/mol. The molecule has 0 saturated heterocycles. The fraction of sp³-hybridized carbons (Fsp3) is 0.333. The number of halogens is 1. The fourth-order valence-corrected chi connectivity index (χ4v) is 1.40. The number of anilines is 1. The Balaban J connectivity index is 3.16. The van der Waals surface area contributed by atoms with E-state index in [1.807, 2.05) is 0 Å². The van der Waals surface area contributed by atoms with Gasteiger partial charge in [0.2, 0.25) is 0 Å². The maximum Gasteiger partial charge on any atom is 0.411 e. The maximum absolute atomic E-state index is 13.6. The van der Waals surface area contributed by atoms with Gasteiger partial charge < -0.3 is 24.1 Å². The van der Waals surface area contributed by atoms with Crippen LogP contribution >= 0.6 is 0 Å². The maximum atomic E-state index is 13.6. The molecule has 0 unspecified atom stereocenters. The van der Waals surface area contributed by atoms with Gasteiger partial charge in [-0.05, 0) is 19.1 Å². The van der Waals surface area contributed by atoms with Crippen LogP contribution in [0.4, 0.5) is 14.9 Å². The number of ether oxygens (including phenoxy) is 3. The molecule has 0 atom stereocenters. The summed E-state index contributed by atoms with van der Waals surface area (Å²) in [7, 11) is 1.29. The van der Waals surface area contributed by atoms with Crippen LogP contribution in [0.25, 0.3) is 0 Å². The van der Waals surface area contributed by atoms with Crippen LogP contribution in [-0.2, 0) is 9.47 Å². The highest BCUT2D eigenvalue weighted by molar-refractivity contribution is 6.00. The molecule has 0 fully saturated rings. The lowest BCUT2D eigenvalue weighted by molar-refractivity contribution is -0.255. The van der Waals surface area contributed by atoms with Crippen molar-refractivity contribution in [2.75, 3.05) is 25.8 Å². The smallest absolute Gasteiger partial charge is 0.411 e. The zero-order valence-electron chi connectivity index (χ0n) is 10.9. The lowest BCUT2D eigenvalue weighted by atomic mass is 10.1. The molecule has 7 nitrogen and oxygen atoms in total. The van der Waals surface area contributed by atoms with Crippen LogP contribution < -0.4 is 15.2 Å². The Bertz CT molecular complexity index is 505. The number of aromatic carboxylic acids is 1. The number of carboxylic acid groups (broad SMARTS) is 1. The molecule has 0 radical (unpaired) electrons. The minimum absolute atomic E-state index is 0.0979. The van der Waals surface area contributed by atoms with Gasteiger partial charge in [0, 0.05) is 7.11 Å². The number of rotatable bonds is 6. The van der Waals surface area contributed by atoms with Crippen LogP contribution in [0.15, 0.2) is 12.1 Å². The Morgan fingerprint density at radius 1 is 1.40 bits per heavy atom. The van der Waals surface area contributed by atoms with Crippen LogP contribution in [0.1, 0.15) is 17.3 Å². The second-order valence-corrected chi connectivity index (χ2v) is 3.48. The third kappa shape index (κ3) is 3.82. The summed E-state index contributed by atoms with van der Waals surface area (Å²) in [6.45, 7) is 1.32. The summed E-state index contributed by atoms with van der Waals surface area (Å²) in [4.78, 5) is 22.4. The summed E-state index contributed by atoms with van der Waals surface area (Å²) >= 11 is 0. The highest BCUT2D eigenvalue weighted by atomic mass is 19.1. The zero-order chi connectivity index (χ0) is 15.1. The van der Waals surface area contributed by atoms with E-state index < -0.39 is 29.2 Å². The van der Waals surface area contributed by atoms with E-state index in [4.69, 9.17) is 4.74 Å². The van der Waals surface area contributed by atoms with Gasteiger partial charge in [-0.15, -0.1) is 0 Å². The number of carboxylic acids is 1. The number of nitrogens with one attached hydrogen (secondary N) is 1. The van der Waals surface area contributed by atoms with Crippen molar-refractivity contribution in [2.24, 2.45) is 0 Å². The van der Waals surface area contributed by atoms with Gasteiger partial charge in [0.1, 0.15) is 0 Å². The molecule has 1 aromatic rings. The molecule has 0 heterocycles. The molecule has 0 bridgehead atoms. The van der Waals surface area contributed by atoms with E-state index in [2.05, 4.69) is 14.8 Å². The van der Waals surface area contributed by atoms with Crippen LogP contribution in [0.2, 0.25) is 0 Å². The summed E-state index contributed by atoms with van der Waals surface area (Å²) in [6.07, 6.45) is -0.876. The number of carbonyl (C=O) groups is 2. The van der Waals surface area contributed by atoms with Gasteiger partial charge in [-0.1, -0.05) is 0 Å². The van der Waals surface area contributed by atoms with Crippen molar-refractivity contribution in [3.63, 3.8) is 0 Å². The van der Waals surface area contributed by atoms with Crippen molar-refractivity contribution in [1.82, 2.24) is 0 Å². The summed E-state index contributed by atoms with van der Waals surface area (Å²) in [5, 5.41) is 13.3. The number of benzene rings is 1. The van der Waals surface area contributed by atoms with Gasteiger partial charge in [-0.2, -0.15) is 0 Å². The normalized spacial score (nSPS) is 9.95. The molecule has 1 rings (SSSR count). The monoisotopic (exact) mass is 286 g/mol. The Morgan fingerprint density at radius 2 is 2.10 bits per heavy atom. The summed E-state index contributed by atoms with van der Waals surface area (Å²) in [6, 6.07) is 2.01. The molecule has 20 heavy (non-hydrogen) atoms.